The van der Waals surface area contributed by atoms with Crippen molar-refractivity contribution < 1.29 is 43.8 Å². The van der Waals surface area contributed by atoms with Crippen LogP contribution in [0.5, 0.6) is 0 Å². The second-order valence-corrected chi connectivity index (χ2v) is 10.2. The van der Waals surface area contributed by atoms with Crippen LogP contribution in [-0.2, 0) is 35.2 Å². The maximum Gasteiger partial charge on any atom is 0.322 e. The summed E-state index contributed by atoms with van der Waals surface area (Å²) < 4.78 is 0. The molecule has 14 heteroatoms. The summed E-state index contributed by atoms with van der Waals surface area (Å²) in [5.74, 6) is -5.03. The van der Waals surface area contributed by atoms with E-state index >= 15 is 0 Å². The van der Waals surface area contributed by atoms with Gasteiger partial charge in [-0.2, -0.15) is 0 Å². The number of hydrogen-bond donors (Lipinski definition) is 6. The molecule has 0 aliphatic carbocycles. The molecule has 2 aromatic rings. The number of carboxylic acids is 2. The van der Waals surface area contributed by atoms with E-state index in [1.807, 2.05) is 6.07 Å². The summed E-state index contributed by atoms with van der Waals surface area (Å²) in [6.45, 7) is -0.692. The molecule has 0 saturated heterocycles. The second-order valence-electron chi connectivity index (χ2n) is 9.14. The van der Waals surface area contributed by atoms with Crippen molar-refractivity contribution in [1.82, 2.24) is 16.0 Å². The molecule has 0 saturated carbocycles. The van der Waals surface area contributed by atoms with Gasteiger partial charge < -0.3 is 36.7 Å². The van der Waals surface area contributed by atoms with Crippen molar-refractivity contribution in [2.75, 3.05) is 18.1 Å². The zero-order valence-corrected chi connectivity index (χ0v) is 23.3. The zero-order chi connectivity index (χ0) is 31.1. The van der Waals surface area contributed by atoms with Gasteiger partial charge in [0.2, 0.25) is 17.7 Å². The van der Waals surface area contributed by atoms with E-state index in [0.29, 0.717) is 23.0 Å². The van der Waals surface area contributed by atoms with E-state index in [2.05, 4.69) is 16.0 Å². The Labute approximate surface area is 245 Å². The fraction of sp³-hybridized carbons (Fsp3) is 0.321. The lowest BCUT2D eigenvalue weighted by atomic mass is 10.00. The van der Waals surface area contributed by atoms with Gasteiger partial charge in [0.15, 0.2) is 5.78 Å². The molecule has 3 unspecified atom stereocenters. The standard InChI is InChI=1S/C28H32N4O9S/c29-21(28(40)41)10-11-23(34)32-22(27(39)30-13-25(36)37)15-42-16-24(35)31-20(14-33)12-17-6-8-19(9-7-17)26(38)18-4-2-1-3-5-18/h1-9,14,20-22H,10-13,15-16,29H2,(H,30,39)(H,31,35)(H,32,34)(H,36,37)(H,40,41). The van der Waals surface area contributed by atoms with E-state index in [-0.39, 0.29) is 36.6 Å². The number of carbonyl (C=O) groups excluding carboxylic acids is 5. The lowest BCUT2D eigenvalue weighted by Crippen LogP contribution is -2.49. The highest BCUT2D eigenvalue weighted by molar-refractivity contribution is 8.00. The van der Waals surface area contributed by atoms with Crippen LogP contribution in [0.2, 0.25) is 0 Å². The number of aldehydes is 1. The lowest BCUT2D eigenvalue weighted by molar-refractivity contribution is -0.139. The monoisotopic (exact) mass is 600 g/mol. The minimum absolute atomic E-state index is 0.113. The van der Waals surface area contributed by atoms with Gasteiger partial charge >= 0.3 is 11.9 Å². The molecule has 0 aliphatic heterocycles. The summed E-state index contributed by atoms with van der Waals surface area (Å²) in [7, 11) is 0. The fourth-order valence-corrected chi connectivity index (χ4v) is 4.46. The molecule has 0 aromatic heterocycles. The normalized spacial score (nSPS) is 12.7. The molecule has 3 atom stereocenters. The molecule has 42 heavy (non-hydrogen) atoms. The first-order valence-corrected chi connectivity index (χ1v) is 13.9. The molecule has 7 N–H and O–H groups in total. The molecule has 0 aliphatic rings. The van der Waals surface area contributed by atoms with Gasteiger partial charge in [-0.15, -0.1) is 11.8 Å². The number of nitrogens with two attached hydrogens (primary N) is 1. The van der Waals surface area contributed by atoms with Gasteiger partial charge in [-0.25, -0.2) is 0 Å². The van der Waals surface area contributed by atoms with Crippen LogP contribution in [0.3, 0.4) is 0 Å². The molecule has 3 amide bonds. The van der Waals surface area contributed by atoms with Gasteiger partial charge in [0, 0.05) is 23.3 Å². The lowest BCUT2D eigenvalue weighted by Gasteiger charge is -2.18. The van der Waals surface area contributed by atoms with Crippen molar-refractivity contribution in [2.24, 2.45) is 5.73 Å². The number of benzene rings is 2. The molecule has 2 aromatic carbocycles. The number of amides is 3. The third kappa shape index (κ3) is 11.9. The predicted molar refractivity (Wildman–Crippen MR) is 153 cm³/mol. The second kappa shape index (κ2) is 17.3. The first-order valence-electron chi connectivity index (χ1n) is 12.8. The number of aliphatic carboxylic acids is 2. The molecule has 13 nitrogen and oxygen atoms in total. The van der Waals surface area contributed by atoms with Gasteiger partial charge in [-0.1, -0.05) is 54.6 Å². The molecular weight excluding hydrogens is 568 g/mol. The highest BCUT2D eigenvalue weighted by Gasteiger charge is 2.23. The van der Waals surface area contributed by atoms with E-state index in [1.165, 1.54) is 0 Å². The Morgan fingerprint density at radius 2 is 1.52 bits per heavy atom. The third-order valence-electron chi connectivity index (χ3n) is 5.80. The van der Waals surface area contributed by atoms with Gasteiger partial charge in [-0.05, 0) is 18.4 Å². The topological polar surface area (TPSA) is 222 Å². The predicted octanol–water partition coefficient (Wildman–Crippen LogP) is -0.245. The first kappa shape index (κ1) is 33.6. The molecule has 0 spiro atoms. The number of hydrogen-bond acceptors (Lipinski definition) is 9. The Bertz CT molecular complexity index is 1270. The average Bonchev–Trinajstić information content (AvgIpc) is 2.98. The minimum Gasteiger partial charge on any atom is -0.480 e. The number of nitrogens with one attached hydrogen (secondary N) is 3. The maximum absolute atomic E-state index is 12.6. The van der Waals surface area contributed by atoms with Gasteiger partial charge in [-0.3, -0.25) is 28.8 Å². The molecule has 0 fully saturated rings. The number of carbonyl (C=O) groups is 7. The molecule has 0 radical (unpaired) electrons. The zero-order valence-electron chi connectivity index (χ0n) is 22.5. The summed E-state index contributed by atoms with van der Waals surface area (Å²) in [5.41, 5.74) is 7.12. The largest absolute Gasteiger partial charge is 0.480 e. The Balaban J connectivity index is 1.88. The van der Waals surface area contributed by atoms with Crippen LogP contribution in [0.1, 0.15) is 34.3 Å². The van der Waals surface area contributed by atoms with Gasteiger partial charge in [0.25, 0.3) is 0 Å². The minimum atomic E-state index is -1.30. The van der Waals surface area contributed by atoms with Crippen LogP contribution in [0.25, 0.3) is 0 Å². The van der Waals surface area contributed by atoms with Crippen LogP contribution in [0.15, 0.2) is 54.6 Å². The Morgan fingerprint density at radius 3 is 2.12 bits per heavy atom. The van der Waals surface area contributed by atoms with E-state index in [4.69, 9.17) is 15.9 Å². The van der Waals surface area contributed by atoms with E-state index in [0.717, 1.165) is 11.8 Å². The Hall–Kier alpha value is -4.56. The van der Waals surface area contributed by atoms with Gasteiger partial charge in [0.1, 0.15) is 24.9 Å². The average molecular weight is 601 g/mol. The maximum atomic E-state index is 12.6. The van der Waals surface area contributed by atoms with Crippen molar-refractivity contribution in [1.29, 1.82) is 0 Å². The summed E-state index contributed by atoms with van der Waals surface area (Å²) in [5, 5.41) is 24.7. The summed E-state index contributed by atoms with van der Waals surface area (Å²) in [6.07, 6.45) is 0.285. The van der Waals surface area contributed by atoms with Crippen LogP contribution in [-0.4, -0.2) is 88.1 Å². The summed E-state index contributed by atoms with van der Waals surface area (Å²) in [6, 6.07) is 12.1. The van der Waals surface area contributed by atoms with Crippen LogP contribution in [0.4, 0.5) is 0 Å². The molecule has 0 heterocycles. The van der Waals surface area contributed by atoms with Gasteiger partial charge in [0.05, 0.1) is 11.8 Å². The van der Waals surface area contributed by atoms with E-state index in [1.54, 1.807) is 48.5 Å². The summed E-state index contributed by atoms with van der Waals surface area (Å²) >= 11 is 0.958. The van der Waals surface area contributed by atoms with Crippen molar-refractivity contribution in [2.45, 2.75) is 37.4 Å². The van der Waals surface area contributed by atoms with E-state index in [9.17, 15) is 33.6 Å². The first-order chi connectivity index (χ1) is 20.0. The number of ketones is 1. The van der Waals surface area contributed by atoms with Crippen molar-refractivity contribution in [3.8, 4) is 0 Å². The molecule has 2 rings (SSSR count). The van der Waals surface area contributed by atoms with Crippen LogP contribution >= 0.6 is 11.8 Å². The third-order valence-corrected chi connectivity index (χ3v) is 6.84. The van der Waals surface area contributed by atoms with Crippen LogP contribution in [0, 0.1) is 0 Å². The van der Waals surface area contributed by atoms with Crippen LogP contribution < -0.4 is 21.7 Å². The van der Waals surface area contributed by atoms with E-state index < -0.39 is 54.3 Å². The highest BCUT2D eigenvalue weighted by atomic mass is 32.2. The van der Waals surface area contributed by atoms with Crippen molar-refractivity contribution in [3.05, 3.63) is 71.3 Å². The molecule has 0 bridgehead atoms. The number of rotatable bonds is 18. The Morgan fingerprint density at radius 1 is 0.881 bits per heavy atom. The number of thioether (sulfide) groups is 1. The van der Waals surface area contributed by atoms with Crippen molar-refractivity contribution in [3.63, 3.8) is 0 Å². The Kier molecular flexibility index (Phi) is 13.9. The summed E-state index contributed by atoms with van der Waals surface area (Å²) in [4.78, 5) is 82.8. The highest BCUT2D eigenvalue weighted by Crippen LogP contribution is 2.12. The SMILES string of the molecule is NC(CCC(=O)NC(CSCC(=O)NC(C=O)Cc1ccc(C(=O)c2ccccc2)cc1)C(=O)NCC(=O)O)C(=O)O. The molecular formula is C28H32N4O9S. The van der Waals surface area contributed by atoms with Crippen molar-refractivity contribution >= 4 is 53.5 Å². The number of carboxylic acid groups (broad SMARTS) is 2. The molecule has 224 valence electrons. The smallest absolute Gasteiger partial charge is 0.322 e. The fourth-order valence-electron chi connectivity index (χ4n) is 3.60. The quantitative estimate of drug-likeness (QED) is 0.0967.